The highest BCUT2D eigenvalue weighted by atomic mass is 19.1. The summed E-state index contributed by atoms with van der Waals surface area (Å²) < 4.78 is 15.3. The van der Waals surface area contributed by atoms with E-state index in [4.69, 9.17) is 0 Å². The quantitative estimate of drug-likeness (QED) is 0.569. The summed E-state index contributed by atoms with van der Waals surface area (Å²) in [4.78, 5) is 0. The molecule has 2 saturated carbocycles. The number of benzene rings is 1. The van der Waals surface area contributed by atoms with E-state index < -0.39 is 0 Å². The van der Waals surface area contributed by atoms with Crippen LogP contribution in [0.4, 0.5) is 4.39 Å². The molecule has 0 N–H and O–H groups in total. The van der Waals surface area contributed by atoms with E-state index in [1.165, 1.54) is 56.9 Å². The monoisotopic (exact) mass is 328 g/mol. The maximum Gasteiger partial charge on any atom is 0.130 e. The molecule has 132 valence electrons. The van der Waals surface area contributed by atoms with Crippen LogP contribution < -0.4 is 0 Å². The number of rotatable bonds is 2. The van der Waals surface area contributed by atoms with Crippen molar-refractivity contribution in [1.82, 2.24) is 0 Å². The van der Waals surface area contributed by atoms with Crippen LogP contribution in [0.15, 0.2) is 12.1 Å². The Morgan fingerprint density at radius 3 is 2.62 bits per heavy atom. The first-order valence-electron chi connectivity index (χ1n) is 10.5. The Labute approximate surface area is 147 Å². The molecule has 0 aromatic heterocycles. The predicted octanol–water partition coefficient (Wildman–Crippen LogP) is 6.66. The topological polar surface area (TPSA) is 0 Å². The summed E-state index contributed by atoms with van der Waals surface area (Å²) in [5.74, 6) is 4.12. The lowest BCUT2D eigenvalue weighted by molar-refractivity contribution is 0.123. The molecule has 0 spiro atoms. The van der Waals surface area contributed by atoms with Crippen molar-refractivity contribution in [3.63, 3.8) is 0 Å². The van der Waals surface area contributed by atoms with Gasteiger partial charge < -0.3 is 0 Å². The summed E-state index contributed by atoms with van der Waals surface area (Å²) in [6.07, 6.45) is 12.4. The summed E-state index contributed by atoms with van der Waals surface area (Å²) in [7, 11) is 0. The van der Waals surface area contributed by atoms with Gasteiger partial charge in [-0.05, 0) is 97.6 Å². The van der Waals surface area contributed by atoms with Gasteiger partial charge in [-0.2, -0.15) is 0 Å². The molecule has 2 fully saturated rings. The minimum atomic E-state index is 0.176. The van der Waals surface area contributed by atoms with Crippen molar-refractivity contribution in [2.24, 2.45) is 23.7 Å². The van der Waals surface area contributed by atoms with Gasteiger partial charge in [-0.25, -0.2) is 4.39 Å². The maximum absolute atomic E-state index is 15.3. The van der Waals surface area contributed by atoms with E-state index in [0.717, 1.165) is 47.6 Å². The highest BCUT2D eigenvalue weighted by Crippen LogP contribution is 2.48. The number of halogens is 1. The van der Waals surface area contributed by atoms with Gasteiger partial charge in [0.05, 0.1) is 0 Å². The third-order valence-corrected chi connectivity index (χ3v) is 7.57. The minimum absolute atomic E-state index is 0.176. The van der Waals surface area contributed by atoms with Gasteiger partial charge >= 0.3 is 0 Å². The first-order valence-corrected chi connectivity index (χ1v) is 10.5. The van der Waals surface area contributed by atoms with Crippen molar-refractivity contribution < 1.29 is 4.39 Å². The van der Waals surface area contributed by atoms with Crippen LogP contribution in [0.2, 0.25) is 0 Å². The zero-order valence-corrected chi connectivity index (χ0v) is 15.5. The Hall–Kier alpha value is -0.850. The van der Waals surface area contributed by atoms with Gasteiger partial charge in [0.1, 0.15) is 5.82 Å². The van der Waals surface area contributed by atoms with Gasteiger partial charge in [0.2, 0.25) is 0 Å². The van der Waals surface area contributed by atoms with E-state index in [1.807, 2.05) is 0 Å². The zero-order chi connectivity index (χ0) is 16.7. The van der Waals surface area contributed by atoms with Crippen molar-refractivity contribution >= 4 is 0 Å². The molecule has 1 aromatic carbocycles. The Morgan fingerprint density at radius 1 is 1.00 bits per heavy atom. The summed E-state index contributed by atoms with van der Waals surface area (Å²) >= 11 is 0. The van der Waals surface area contributed by atoms with Gasteiger partial charge in [-0.15, -0.1) is 0 Å². The molecule has 3 aliphatic rings. The fourth-order valence-electron chi connectivity index (χ4n) is 5.97. The Bertz CT molecular complexity index is 590. The second-order valence-corrected chi connectivity index (χ2v) is 9.07. The van der Waals surface area contributed by atoms with Crippen LogP contribution in [0, 0.1) is 29.5 Å². The van der Waals surface area contributed by atoms with E-state index >= 15 is 4.39 Å². The summed E-state index contributed by atoms with van der Waals surface area (Å²) in [5, 5.41) is 0. The molecule has 0 saturated heterocycles. The molecule has 0 bridgehead atoms. The van der Waals surface area contributed by atoms with Crippen LogP contribution in [0.1, 0.15) is 87.8 Å². The molecule has 5 atom stereocenters. The fraction of sp³-hybridized carbons (Fsp3) is 0.739. The predicted molar refractivity (Wildman–Crippen MR) is 98.8 cm³/mol. The molecule has 0 heterocycles. The van der Waals surface area contributed by atoms with Crippen LogP contribution in [-0.4, -0.2) is 0 Å². The molecule has 0 amide bonds. The van der Waals surface area contributed by atoms with Crippen LogP contribution in [0.3, 0.4) is 0 Å². The van der Waals surface area contributed by atoms with Crippen molar-refractivity contribution in [3.8, 4) is 0 Å². The number of hydrogen-bond acceptors (Lipinski definition) is 0. The molecule has 24 heavy (non-hydrogen) atoms. The normalized spacial score (nSPS) is 36.0. The average molecular weight is 329 g/mol. The first-order chi connectivity index (χ1) is 11.7. The zero-order valence-electron chi connectivity index (χ0n) is 15.5. The van der Waals surface area contributed by atoms with E-state index in [1.54, 1.807) is 0 Å². The number of hydrogen-bond donors (Lipinski definition) is 0. The second-order valence-electron chi connectivity index (χ2n) is 9.07. The molecular weight excluding hydrogens is 295 g/mol. The lowest BCUT2D eigenvalue weighted by Crippen LogP contribution is -2.30. The van der Waals surface area contributed by atoms with Gasteiger partial charge in [0, 0.05) is 0 Å². The minimum Gasteiger partial charge on any atom is -0.206 e. The lowest BCUT2D eigenvalue weighted by Gasteiger charge is -2.42. The molecule has 0 nitrogen and oxygen atoms in total. The largest absolute Gasteiger partial charge is 0.206 e. The van der Waals surface area contributed by atoms with E-state index in [-0.39, 0.29) is 5.82 Å². The molecule has 0 radical (unpaired) electrons. The standard InChI is InChI=1S/C23H33F/c1-3-16-5-10-21-19(13-16)9-11-22(23(21)24)20-8-7-17-12-15(2)4-6-18(17)14-20/h9,11,15-18,20H,3-8,10,12-14H2,1-2H3. The average Bonchev–Trinajstić information content (AvgIpc) is 2.61. The summed E-state index contributed by atoms with van der Waals surface area (Å²) in [6, 6.07) is 4.42. The smallest absolute Gasteiger partial charge is 0.130 e. The van der Waals surface area contributed by atoms with Crippen LogP contribution >= 0.6 is 0 Å². The molecule has 1 aromatic rings. The molecule has 3 aliphatic carbocycles. The Kier molecular flexibility index (Phi) is 4.71. The van der Waals surface area contributed by atoms with Crippen molar-refractivity contribution in [3.05, 3.63) is 34.6 Å². The van der Waals surface area contributed by atoms with Crippen molar-refractivity contribution in [2.75, 3.05) is 0 Å². The molecule has 0 aliphatic heterocycles. The third-order valence-electron chi connectivity index (χ3n) is 7.57. The molecule has 4 rings (SSSR count). The van der Waals surface area contributed by atoms with Gasteiger partial charge in [-0.3, -0.25) is 0 Å². The van der Waals surface area contributed by atoms with Gasteiger partial charge in [0.25, 0.3) is 0 Å². The van der Waals surface area contributed by atoms with E-state index in [0.29, 0.717) is 5.92 Å². The van der Waals surface area contributed by atoms with Crippen LogP contribution in [0.5, 0.6) is 0 Å². The van der Waals surface area contributed by atoms with E-state index in [9.17, 15) is 0 Å². The fourth-order valence-corrected chi connectivity index (χ4v) is 5.97. The van der Waals surface area contributed by atoms with E-state index in [2.05, 4.69) is 26.0 Å². The number of fused-ring (bicyclic) bond motifs is 2. The van der Waals surface area contributed by atoms with Crippen LogP contribution in [0.25, 0.3) is 0 Å². The summed E-state index contributed by atoms with van der Waals surface area (Å²) in [6.45, 7) is 4.68. The maximum atomic E-state index is 15.3. The van der Waals surface area contributed by atoms with Crippen molar-refractivity contribution in [2.45, 2.75) is 84.0 Å². The second kappa shape index (κ2) is 6.81. The van der Waals surface area contributed by atoms with Crippen LogP contribution in [-0.2, 0) is 12.8 Å². The van der Waals surface area contributed by atoms with Gasteiger partial charge in [-0.1, -0.05) is 38.8 Å². The van der Waals surface area contributed by atoms with Gasteiger partial charge in [0.15, 0.2) is 0 Å². The lowest BCUT2D eigenvalue weighted by atomic mass is 9.64. The highest BCUT2D eigenvalue weighted by Gasteiger charge is 2.36. The Morgan fingerprint density at radius 2 is 1.79 bits per heavy atom. The third kappa shape index (κ3) is 3.04. The molecule has 1 heteroatoms. The Balaban J connectivity index is 1.53. The SMILES string of the molecule is CCC1CCc2c(ccc(C3CCC4CC(C)CCC4C3)c2F)C1. The molecular formula is C23H33F. The first kappa shape index (κ1) is 16.6. The summed E-state index contributed by atoms with van der Waals surface area (Å²) in [5.41, 5.74) is 3.42. The molecule has 5 unspecified atom stereocenters. The highest BCUT2D eigenvalue weighted by molar-refractivity contribution is 5.38. The van der Waals surface area contributed by atoms with Crippen molar-refractivity contribution in [1.29, 1.82) is 0 Å².